The van der Waals surface area contributed by atoms with E-state index in [0.29, 0.717) is 0 Å². The number of benzene rings is 2. The van der Waals surface area contributed by atoms with Gasteiger partial charge in [0.05, 0.1) is 0 Å². The smallest absolute Gasteiger partial charge is 0.136 e. The standard InChI is InChI=1S/C19H12N2S/c1-2-4-17-15(3-1)16-7-5-13(11-18(16)22-17)14-6-8-19-20-9-10-21(19)12-14/h1-12H. The number of pyridine rings is 1. The Labute approximate surface area is 131 Å². The van der Waals surface area contributed by atoms with Crippen LogP contribution in [0.4, 0.5) is 0 Å². The maximum atomic E-state index is 4.30. The van der Waals surface area contributed by atoms with Gasteiger partial charge in [-0.3, -0.25) is 0 Å². The Balaban J connectivity index is 1.75. The van der Waals surface area contributed by atoms with Crippen molar-refractivity contribution in [3.63, 3.8) is 0 Å². The summed E-state index contributed by atoms with van der Waals surface area (Å²) in [6.07, 6.45) is 5.95. The molecule has 5 aromatic rings. The second kappa shape index (κ2) is 4.42. The molecule has 0 aliphatic heterocycles. The fourth-order valence-electron chi connectivity index (χ4n) is 3.00. The molecule has 104 valence electrons. The summed E-state index contributed by atoms with van der Waals surface area (Å²) >= 11 is 1.86. The minimum absolute atomic E-state index is 0.978. The lowest BCUT2D eigenvalue weighted by Crippen LogP contribution is -1.85. The highest BCUT2D eigenvalue weighted by atomic mass is 32.1. The predicted octanol–water partition coefficient (Wildman–Crippen LogP) is 5.37. The molecule has 0 radical (unpaired) electrons. The van der Waals surface area contributed by atoms with Crippen LogP contribution in [0.1, 0.15) is 0 Å². The van der Waals surface area contributed by atoms with Crippen LogP contribution in [0, 0.1) is 0 Å². The second-order valence-electron chi connectivity index (χ2n) is 5.42. The first kappa shape index (κ1) is 12.0. The SMILES string of the molecule is c1ccc2c(c1)sc1cc(-c3ccc4nccn4c3)ccc12. The number of thiophene rings is 1. The molecule has 0 saturated carbocycles. The molecule has 22 heavy (non-hydrogen) atoms. The first-order chi connectivity index (χ1) is 10.9. The van der Waals surface area contributed by atoms with E-state index in [4.69, 9.17) is 0 Å². The van der Waals surface area contributed by atoms with Gasteiger partial charge < -0.3 is 4.40 Å². The molecule has 2 nitrogen and oxygen atoms in total. The van der Waals surface area contributed by atoms with Gasteiger partial charge in [-0.15, -0.1) is 11.3 Å². The summed E-state index contributed by atoms with van der Waals surface area (Å²) in [7, 11) is 0. The normalized spacial score (nSPS) is 11.6. The van der Waals surface area contributed by atoms with E-state index in [1.165, 1.54) is 31.3 Å². The molecule has 3 heterocycles. The van der Waals surface area contributed by atoms with Crippen LogP contribution < -0.4 is 0 Å². The van der Waals surface area contributed by atoms with Crippen LogP contribution in [-0.2, 0) is 0 Å². The van der Waals surface area contributed by atoms with Gasteiger partial charge in [-0.05, 0) is 35.4 Å². The van der Waals surface area contributed by atoms with E-state index in [1.807, 2.05) is 23.7 Å². The van der Waals surface area contributed by atoms with Gasteiger partial charge in [-0.2, -0.15) is 0 Å². The second-order valence-corrected chi connectivity index (χ2v) is 6.50. The molecule has 0 N–H and O–H groups in total. The van der Waals surface area contributed by atoms with Crippen LogP contribution in [0.2, 0.25) is 0 Å². The predicted molar refractivity (Wildman–Crippen MR) is 93.5 cm³/mol. The Morgan fingerprint density at radius 1 is 0.818 bits per heavy atom. The molecular formula is C19H12N2S. The average Bonchev–Trinajstić information content (AvgIpc) is 3.17. The molecule has 0 fully saturated rings. The molecule has 0 saturated heterocycles. The van der Waals surface area contributed by atoms with Crippen LogP contribution >= 0.6 is 11.3 Å². The minimum atomic E-state index is 0.978. The Morgan fingerprint density at radius 2 is 1.68 bits per heavy atom. The van der Waals surface area contributed by atoms with Crippen molar-refractivity contribution in [3.8, 4) is 11.1 Å². The van der Waals surface area contributed by atoms with Gasteiger partial charge in [-0.1, -0.05) is 30.3 Å². The molecule has 3 aromatic heterocycles. The van der Waals surface area contributed by atoms with Crippen molar-refractivity contribution in [2.45, 2.75) is 0 Å². The number of aromatic nitrogens is 2. The first-order valence-electron chi connectivity index (χ1n) is 7.23. The van der Waals surface area contributed by atoms with Crippen LogP contribution in [0.15, 0.2) is 73.2 Å². The summed E-state index contributed by atoms with van der Waals surface area (Å²) in [5.74, 6) is 0. The summed E-state index contributed by atoms with van der Waals surface area (Å²) < 4.78 is 4.74. The highest BCUT2D eigenvalue weighted by molar-refractivity contribution is 7.25. The highest BCUT2D eigenvalue weighted by Gasteiger charge is 2.06. The van der Waals surface area contributed by atoms with E-state index in [9.17, 15) is 0 Å². The Bertz CT molecular complexity index is 1130. The van der Waals surface area contributed by atoms with Crippen molar-refractivity contribution in [1.82, 2.24) is 9.38 Å². The quantitative estimate of drug-likeness (QED) is 0.407. The van der Waals surface area contributed by atoms with E-state index in [-0.39, 0.29) is 0 Å². The lowest BCUT2D eigenvalue weighted by molar-refractivity contribution is 1.19. The third-order valence-electron chi connectivity index (χ3n) is 4.10. The zero-order valence-corrected chi connectivity index (χ0v) is 12.5. The van der Waals surface area contributed by atoms with Gasteiger partial charge in [0.15, 0.2) is 0 Å². The van der Waals surface area contributed by atoms with Gasteiger partial charge in [-0.25, -0.2) is 4.98 Å². The minimum Gasteiger partial charge on any atom is -0.306 e. The lowest BCUT2D eigenvalue weighted by Gasteiger charge is -2.03. The first-order valence-corrected chi connectivity index (χ1v) is 8.04. The molecule has 0 atom stereocenters. The van der Waals surface area contributed by atoms with Crippen molar-refractivity contribution < 1.29 is 0 Å². The van der Waals surface area contributed by atoms with Gasteiger partial charge in [0.2, 0.25) is 0 Å². The summed E-state index contributed by atoms with van der Waals surface area (Å²) in [6, 6.07) is 19.5. The number of hydrogen-bond donors (Lipinski definition) is 0. The topological polar surface area (TPSA) is 17.3 Å². The number of imidazole rings is 1. The molecule has 5 rings (SSSR count). The zero-order chi connectivity index (χ0) is 14.5. The monoisotopic (exact) mass is 300 g/mol. The van der Waals surface area contributed by atoms with Crippen LogP contribution in [0.3, 0.4) is 0 Å². The molecular weight excluding hydrogens is 288 g/mol. The molecule has 0 bridgehead atoms. The molecule has 0 amide bonds. The van der Waals surface area contributed by atoms with E-state index in [0.717, 1.165) is 5.65 Å². The fraction of sp³-hybridized carbons (Fsp3) is 0. The molecule has 0 spiro atoms. The van der Waals surface area contributed by atoms with E-state index < -0.39 is 0 Å². The van der Waals surface area contributed by atoms with E-state index in [1.54, 1.807) is 0 Å². The highest BCUT2D eigenvalue weighted by Crippen LogP contribution is 2.36. The van der Waals surface area contributed by atoms with Gasteiger partial charge in [0.1, 0.15) is 5.65 Å². The number of hydrogen-bond acceptors (Lipinski definition) is 2. The fourth-order valence-corrected chi connectivity index (χ4v) is 4.14. The Kier molecular flexibility index (Phi) is 2.40. The van der Waals surface area contributed by atoms with Crippen molar-refractivity contribution in [2.24, 2.45) is 0 Å². The average molecular weight is 300 g/mol. The van der Waals surface area contributed by atoms with E-state index in [2.05, 4.69) is 70.2 Å². The lowest BCUT2D eigenvalue weighted by atomic mass is 10.1. The molecule has 3 heteroatoms. The van der Waals surface area contributed by atoms with Gasteiger partial charge in [0, 0.05) is 38.8 Å². The summed E-state index contributed by atoms with van der Waals surface area (Å²) in [6.45, 7) is 0. The molecule has 0 aliphatic carbocycles. The van der Waals surface area contributed by atoms with Gasteiger partial charge in [0.25, 0.3) is 0 Å². The zero-order valence-electron chi connectivity index (χ0n) is 11.7. The van der Waals surface area contributed by atoms with Crippen LogP contribution in [0.5, 0.6) is 0 Å². The molecule has 0 unspecified atom stereocenters. The summed E-state index contributed by atoms with van der Waals surface area (Å²) in [5.41, 5.74) is 3.44. The van der Waals surface area contributed by atoms with Gasteiger partial charge >= 0.3 is 0 Å². The van der Waals surface area contributed by atoms with E-state index >= 15 is 0 Å². The third-order valence-corrected chi connectivity index (χ3v) is 5.23. The van der Waals surface area contributed by atoms with Crippen LogP contribution in [-0.4, -0.2) is 9.38 Å². The number of rotatable bonds is 1. The maximum Gasteiger partial charge on any atom is 0.136 e. The molecule has 0 aliphatic rings. The Morgan fingerprint density at radius 3 is 2.68 bits per heavy atom. The summed E-state index contributed by atoms with van der Waals surface area (Å²) in [5, 5.41) is 2.69. The Hall–Kier alpha value is -2.65. The maximum absolute atomic E-state index is 4.30. The van der Waals surface area contributed by atoms with Crippen molar-refractivity contribution in [2.75, 3.05) is 0 Å². The van der Waals surface area contributed by atoms with Crippen molar-refractivity contribution in [1.29, 1.82) is 0 Å². The number of fused-ring (bicyclic) bond motifs is 4. The third kappa shape index (κ3) is 1.69. The van der Waals surface area contributed by atoms with Crippen molar-refractivity contribution >= 4 is 37.2 Å². The molecule has 2 aromatic carbocycles. The number of nitrogens with zero attached hydrogens (tertiary/aromatic N) is 2. The van der Waals surface area contributed by atoms with Crippen LogP contribution in [0.25, 0.3) is 36.9 Å². The summed E-state index contributed by atoms with van der Waals surface area (Å²) in [4.78, 5) is 4.30. The largest absolute Gasteiger partial charge is 0.306 e. The van der Waals surface area contributed by atoms with Crippen molar-refractivity contribution in [3.05, 3.63) is 73.2 Å².